The monoisotopic (exact) mass is 167 g/mol. The number of amides is 1. The second-order valence-corrected chi connectivity index (χ2v) is 4.51. The molecule has 0 N–H and O–H groups in total. The summed E-state index contributed by atoms with van der Waals surface area (Å²) in [7, 11) is 0. The molecule has 2 fully saturated rings. The number of hydrogen-bond donors (Lipinski definition) is 0. The summed E-state index contributed by atoms with van der Waals surface area (Å²) in [6, 6.07) is 0.406. The van der Waals surface area contributed by atoms with Gasteiger partial charge in [0.2, 0.25) is 5.91 Å². The lowest BCUT2D eigenvalue weighted by atomic mass is 9.76. The van der Waals surface area contributed by atoms with Crippen molar-refractivity contribution in [2.24, 2.45) is 5.41 Å². The van der Waals surface area contributed by atoms with Crippen LogP contribution in [0, 0.1) is 5.41 Å². The summed E-state index contributed by atoms with van der Waals surface area (Å²) < 4.78 is 0. The van der Waals surface area contributed by atoms with Crippen LogP contribution < -0.4 is 0 Å². The van der Waals surface area contributed by atoms with Crippen molar-refractivity contribution >= 4 is 5.91 Å². The molecular weight excluding hydrogens is 150 g/mol. The quantitative estimate of drug-likeness (QED) is 0.545. The van der Waals surface area contributed by atoms with Gasteiger partial charge in [0.1, 0.15) is 0 Å². The number of likely N-dealkylation sites (tertiary alicyclic amines) is 1. The first-order valence-electron chi connectivity index (χ1n) is 4.97. The second kappa shape index (κ2) is 2.48. The molecule has 1 saturated heterocycles. The van der Waals surface area contributed by atoms with Gasteiger partial charge in [-0.25, -0.2) is 0 Å². The highest BCUT2D eigenvalue weighted by Crippen LogP contribution is 2.47. The molecule has 0 aromatic heterocycles. The van der Waals surface area contributed by atoms with E-state index in [-0.39, 0.29) is 5.41 Å². The zero-order chi connectivity index (χ0) is 8.77. The Morgan fingerprint density at radius 1 is 1.33 bits per heavy atom. The maximum Gasteiger partial charge on any atom is 0.230 e. The Morgan fingerprint density at radius 2 is 1.92 bits per heavy atom. The summed E-state index contributed by atoms with van der Waals surface area (Å²) in [6.07, 6.45) is 4.82. The number of β-lactam (4-membered cyclic amide) rings is 1. The van der Waals surface area contributed by atoms with Crippen LogP contribution in [0.25, 0.3) is 0 Å². The zero-order valence-electron chi connectivity index (χ0n) is 7.97. The molecule has 1 spiro atoms. The van der Waals surface area contributed by atoms with Gasteiger partial charge in [0.05, 0.1) is 5.41 Å². The molecule has 2 aliphatic rings. The third-order valence-corrected chi connectivity index (χ3v) is 3.37. The maximum absolute atomic E-state index is 11.8. The lowest BCUT2D eigenvalue weighted by molar-refractivity contribution is -0.162. The molecule has 68 valence electrons. The highest BCUT2D eigenvalue weighted by atomic mass is 16.2. The van der Waals surface area contributed by atoms with Crippen LogP contribution in [0.2, 0.25) is 0 Å². The molecule has 0 bridgehead atoms. The third-order valence-electron chi connectivity index (χ3n) is 3.37. The molecule has 2 heteroatoms. The Morgan fingerprint density at radius 3 is 2.33 bits per heavy atom. The average Bonchev–Trinajstić information content (AvgIpc) is 2.49. The minimum atomic E-state index is 0.115. The Balaban J connectivity index is 2.04. The van der Waals surface area contributed by atoms with E-state index in [1.165, 1.54) is 12.8 Å². The first-order chi connectivity index (χ1) is 5.66. The minimum Gasteiger partial charge on any atom is -0.339 e. The van der Waals surface area contributed by atoms with E-state index >= 15 is 0 Å². The van der Waals surface area contributed by atoms with Crippen molar-refractivity contribution in [2.75, 3.05) is 6.54 Å². The summed E-state index contributed by atoms with van der Waals surface area (Å²) in [5, 5.41) is 0. The van der Waals surface area contributed by atoms with Gasteiger partial charge in [-0.05, 0) is 26.7 Å². The van der Waals surface area contributed by atoms with Crippen molar-refractivity contribution in [2.45, 2.75) is 45.6 Å². The standard InChI is InChI=1S/C10H17NO/c1-8(2)11-7-10(9(11)12)5-3-4-6-10/h8H,3-7H2,1-2H3. The minimum absolute atomic E-state index is 0.115. The van der Waals surface area contributed by atoms with Crippen LogP contribution in [0.15, 0.2) is 0 Å². The Kier molecular flexibility index (Phi) is 1.67. The van der Waals surface area contributed by atoms with E-state index in [0.29, 0.717) is 11.9 Å². The van der Waals surface area contributed by atoms with Crippen molar-refractivity contribution in [3.8, 4) is 0 Å². The summed E-state index contributed by atoms with van der Waals surface area (Å²) in [5.41, 5.74) is 0.115. The molecule has 1 saturated carbocycles. The molecule has 1 aliphatic carbocycles. The van der Waals surface area contributed by atoms with E-state index < -0.39 is 0 Å². The smallest absolute Gasteiger partial charge is 0.230 e. The highest BCUT2D eigenvalue weighted by molar-refractivity contribution is 5.89. The molecule has 1 aliphatic heterocycles. The van der Waals surface area contributed by atoms with Gasteiger partial charge in [-0.3, -0.25) is 4.79 Å². The van der Waals surface area contributed by atoms with E-state index in [1.807, 2.05) is 4.90 Å². The van der Waals surface area contributed by atoms with Crippen molar-refractivity contribution < 1.29 is 4.79 Å². The van der Waals surface area contributed by atoms with E-state index in [1.54, 1.807) is 0 Å². The van der Waals surface area contributed by atoms with E-state index in [9.17, 15) is 4.79 Å². The molecule has 2 nitrogen and oxygen atoms in total. The molecule has 0 aromatic rings. The first kappa shape index (κ1) is 8.09. The zero-order valence-corrected chi connectivity index (χ0v) is 7.97. The Bertz CT molecular complexity index is 204. The molecule has 0 radical (unpaired) electrons. The van der Waals surface area contributed by atoms with Crippen LogP contribution >= 0.6 is 0 Å². The van der Waals surface area contributed by atoms with E-state index in [0.717, 1.165) is 19.4 Å². The van der Waals surface area contributed by atoms with Crippen LogP contribution in [0.5, 0.6) is 0 Å². The first-order valence-corrected chi connectivity index (χ1v) is 4.97. The van der Waals surface area contributed by atoms with Crippen molar-refractivity contribution in [1.82, 2.24) is 4.90 Å². The maximum atomic E-state index is 11.8. The van der Waals surface area contributed by atoms with Crippen LogP contribution in [0.1, 0.15) is 39.5 Å². The van der Waals surface area contributed by atoms with Crippen molar-refractivity contribution in [3.05, 3.63) is 0 Å². The predicted octanol–water partition coefficient (Wildman–Crippen LogP) is 1.80. The van der Waals surface area contributed by atoms with Crippen LogP contribution in [-0.2, 0) is 4.79 Å². The van der Waals surface area contributed by atoms with Gasteiger partial charge in [0.15, 0.2) is 0 Å². The highest BCUT2D eigenvalue weighted by Gasteiger charge is 2.53. The molecule has 0 atom stereocenters. The van der Waals surface area contributed by atoms with Gasteiger partial charge in [0, 0.05) is 12.6 Å². The molecule has 12 heavy (non-hydrogen) atoms. The number of hydrogen-bond acceptors (Lipinski definition) is 1. The number of carbonyl (C=O) groups is 1. The van der Waals surface area contributed by atoms with E-state index in [4.69, 9.17) is 0 Å². The predicted molar refractivity (Wildman–Crippen MR) is 47.8 cm³/mol. The molecule has 0 unspecified atom stereocenters. The SMILES string of the molecule is CC(C)N1CC2(CCCC2)C1=O. The van der Waals surface area contributed by atoms with E-state index in [2.05, 4.69) is 13.8 Å². The van der Waals surface area contributed by atoms with Crippen LogP contribution in [-0.4, -0.2) is 23.4 Å². The van der Waals surface area contributed by atoms with Crippen LogP contribution in [0.3, 0.4) is 0 Å². The van der Waals surface area contributed by atoms with Gasteiger partial charge >= 0.3 is 0 Å². The third kappa shape index (κ3) is 0.900. The fraction of sp³-hybridized carbons (Fsp3) is 0.900. The summed E-state index contributed by atoms with van der Waals surface area (Å²) in [5.74, 6) is 0.426. The fourth-order valence-electron chi connectivity index (χ4n) is 2.52. The number of carbonyl (C=O) groups excluding carboxylic acids is 1. The number of nitrogens with zero attached hydrogens (tertiary/aromatic N) is 1. The van der Waals surface area contributed by atoms with Crippen molar-refractivity contribution in [1.29, 1.82) is 0 Å². The van der Waals surface area contributed by atoms with Gasteiger partial charge in [-0.1, -0.05) is 12.8 Å². The summed E-state index contributed by atoms with van der Waals surface area (Å²) in [4.78, 5) is 13.8. The van der Waals surface area contributed by atoms with Gasteiger partial charge in [0.25, 0.3) is 0 Å². The second-order valence-electron chi connectivity index (χ2n) is 4.51. The van der Waals surface area contributed by atoms with Crippen LogP contribution in [0.4, 0.5) is 0 Å². The summed E-state index contributed by atoms with van der Waals surface area (Å²) in [6.45, 7) is 5.23. The Labute approximate surface area is 73.9 Å². The largest absolute Gasteiger partial charge is 0.339 e. The lowest BCUT2D eigenvalue weighted by Crippen LogP contribution is -2.62. The van der Waals surface area contributed by atoms with Crippen molar-refractivity contribution in [3.63, 3.8) is 0 Å². The average molecular weight is 167 g/mol. The van der Waals surface area contributed by atoms with Gasteiger partial charge in [-0.2, -0.15) is 0 Å². The van der Waals surface area contributed by atoms with Gasteiger partial charge in [-0.15, -0.1) is 0 Å². The lowest BCUT2D eigenvalue weighted by Gasteiger charge is -2.49. The van der Waals surface area contributed by atoms with Gasteiger partial charge < -0.3 is 4.90 Å². The molecular formula is C10H17NO. The molecule has 1 amide bonds. The fourth-order valence-corrected chi connectivity index (χ4v) is 2.52. The normalized spacial score (nSPS) is 26.9. The molecule has 0 aromatic carbocycles. The molecule has 2 rings (SSSR count). The Hall–Kier alpha value is -0.530. The molecule has 1 heterocycles. The summed E-state index contributed by atoms with van der Waals surface area (Å²) >= 11 is 0. The number of rotatable bonds is 1. The topological polar surface area (TPSA) is 20.3 Å².